The molecule has 5 heteroatoms. The van der Waals surface area contributed by atoms with Gasteiger partial charge in [-0.1, -0.05) is 15.9 Å². The van der Waals surface area contributed by atoms with Crippen LogP contribution in [0.3, 0.4) is 0 Å². The summed E-state index contributed by atoms with van der Waals surface area (Å²) in [5, 5.41) is 0. The van der Waals surface area contributed by atoms with Crippen molar-refractivity contribution in [2.24, 2.45) is 17.6 Å². The second kappa shape index (κ2) is 7.67. The molecule has 3 atom stereocenters. The molecular formula is C18H25BrN2O2. The number of amides is 1. The van der Waals surface area contributed by atoms with Crippen molar-refractivity contribution in [2.75, 3.05) is 19.7 Å². The molecule has 2 N–H and O–H groups in total. The van der Waals surface area contributed by atoms with Crippen molar-refractivity contribution in [3.05, 3.63) is 28.7 Å². The number of carbonyl (C=O) groups is 1. The number of carbonyl (C=O) groups excluding carboxylic acids is 1. The Balaban J connectivity index is 1.32. The van der Waals surface area contributed by atoms with Gasteiger partial charge in [-0.25, -0.2) is 0 Å². The van der Waals surface area contributed by atoms with Crippen LogP contribution in [0.2, 0.25) is 0 Å². The summed E-state index contributed by atoms with van der Waals surface area (Å²) in [6.07, 6.45) is 4.73. The molecule has 3 unspecified atom stereocenters. The molecule has 1 saturated carbocycles. The normalized spacial score (nSPS) is 26.3. The number of halogens is 1. The van der Waals surface area contributed by atoms with E-state index < -0.39 is 0 Å². The number of benzene rings is 1. The molecule has 2 aliphatic rings. The molecule has 0 radical (unpaired) electrons. The van der Waals surface area contributed by atoms with Crippen LogP contribution in [0.4, 0.5) is 0 Å². The van der Waals surface area contributed by atoms with Gasteiger partial charge in [-0.15, -0.1) is 0 Å². The van der Waals surface area contributed by atoms with Gasteiger partial charge in [0.1, 0.15) is 5.75 Å². The van der Waals surface area contributed by atoms with E-state index >= 15 is 0 Å². The topological polar surface area (TPSA) is 55.6 Å². The molecule has 4 nitrogen and oxygen atoms in total. The lowest BCUT2D eigenvalue weighted by atomic mass is 9.98. The Kier molecular flexibility index (Phi) is 5.59. The quantitative estimate of drug-likeness (QED) is 0.770. The van der Waals surface area contributed by atoms with Crippen LogP contribution in [0.25, 0.3) is 0 Å². The van der Waals surface area contributed by atoms with Crippen LogP contribution in [-0.2, 0) is 4.79 Å². The summed E-state index contributed by atoms with van der Waals surface area (Å²) < 4.78 is 6.73. The van der Waals surface area contributed by atoms with Gasteiger partial charge in [0.25, 0.3) is 0 Å². The number of fused-ring (bicyclic) bond motifs is 1. The van der Waals surface area contributed by atoms with Gasteiger partial charge in [-0.05, 0) is 61.8 Å². The summed E-state index contributed by atoms with van der Waals surface area (Å²) in [5.74, 6) is 2.35. The van der Waals surface area contributed by atoms with E-state index in [0.29, 0.717) is 30.9 Å². The number of hydrogen-bond acceptors (Lipinski definition) is 3. The van der Waals surface area contributed by atoms with E-state index in [1.165, 1.54) is 6.42 Å². The number of hydrogen-bond donors (Lipinski definition) is 1. The summed E-state index contributed by atoms with van der Waals surface area (Å²) in [6, 6.07) is 8.13. The smallest absolute Gasteiger partial charge is 0.222 e. The Morgan fingerprint density at radius 3 is 2.74 bits per heavy atom. The first-order chi connectivity index (χ1) is 11.1. The van der Waals surface area contributed by atoms with Crippen molar-refractivity contribution in [2.45, 2.75) is 38.1 Å². The highest BCUT2D eigenvalue weighted by Gasteiger charge is 2.42. The molecular weight excluding hydrogens is 356 g/mol. The van der Waals surface area contributed by atoms with E-state index in [2.05, 4.69) is 15.9 Å². The van der Waals surface area contributed by atoms with E-state index in [4.69, 9.17) is 10.5 Å². The third kappa shape index (κ3) is 4.27. The molecule has 1 aromatic carbocycles. The first kappa shape index (κ1) is 16.8. The maximum absolute atomic E-state index is 12.3. The first-order valence-corrected chi connectivity index (χ1v) is 9.34. The van der Waals surface area contributed by atoms with Crippen LogP contribution < -0.4 is 10.5 Å². The lowest BCUT2D eigenvalue weighted by Crippen LogP contribution is -2.33. The molecule has 0 spiro atoms. The lowest BCUT2D eigenvalue weighted by molar-refractivity contribution is -0.130. The Morgan fingerprint density at radius 1 is 1.22 bits per heavy atom. The standard InChI is InChI=1S/C18H25BrN2O2/c19-14-5-7-15(8-6-14)23-10-2-1-3-18(22)21-11-13-4-9-17(20)16(13)12-21/h5-8,13,16-17H,1-4,9-12,20H2. The van der Waals surface area contributed by atoms with Crippen molar-refractivity contribution >= 4 is 21.8 Å². The highest BCUT2D eigenvalue weighted by atomic mass is 79.9. The van der Waals surface area contributed by atoms with Crippen molar-refractivity contribution < 1.29 is 9.53 Å². The number of rotatable bonds is 6. The zero-order chi connectivity index (χ0) is 16.2. The van der Waals surface area contributed by atoms with Crippen LogP contribution in [0.5, 0.6) is 5.75 Å². The third-order valence-corrected chi connectivity index (χ3v) is 5.66. The van der Waals surface area contributed by atoms with Gasteiger partial charge < -0.3 is 15.4 Å². The van der Waals surface area contributed by atoms with Gasteiger partial charge in [-0.3, -0.25) is 4.79 Å². The highest BCUT2D eigenvalue weighted by molar-refractivity contribution is 9.10. The van der Waals surface area contributed by atoms with Crippen LogP contribution in [0.15, 0.2) is 28.7 Å². The summed E-state index contributed by atoms with van der Waals surface area (Å²) in [6.45, 7) is 2.46. The summed E-state index contributed by atoms with van der Waals surface area (Å²) in [7, 11) is 0. The van der Waals surface area contributed by atoms with Crippen LogP contribution in [0, 0.1) is 11.8 Å². The second-order valence-corrected chi connectivity index (χ2v) is 7.64. The van der Waals surface area contributed by atoms with Crippen molar-refractivity contribution in [3.8, 4) is 5.75 Å². The predicted octanol–water partition coefficient (Wildman–Crippen LogP) is 3.19. The summed E-state index contributed by atoms with van der Waals surface area (Å²) >= 11 is 3.40. The van der Waals surface area contributed by atoms with E-state index in [9.17, 15) is 4.79 Å². The van der Waals surface area contributed by atoms with E-state index in [1.807, 2.05) is 29.2 Å². The lowest BCUT2D eigenvalue weighted by Gasteiger charge is -2.18. The van der Waals surface area contributed by atoms with Gasteiger partial charge in [-0.2, -0.15) is 0 Å². The Labute approximate surface area is 146 Å². The highest BCUT2D eigenvalue weighted by Crippen LogP contribution is 2.37. The minimum Gasteiger partial charge on any atom is -0.494 e. The average molecular weight is 381 g/mol. The molecule has 23 heavy (non-hydrogen) atoms. The monoisotopic (exact) mass is 380 g/mol. The Morgan fingerprint density at radius 2 is 2.00 bits per heavy atom. The number of unbranched alkanes of at least 4 members (excludes halogenated alkanes) is 1. The fourth-order valence-corrected chi connectivity index (χ4v) is 4.03. The van der Waals surface area contributed by atoms with E-state index in [1.54, 1.807) is 0 Å². The van der Waals surface area contributed by atoms with Gasteiger partial charge in [0.15, 0.2) is 0 Å². The number of nitrogens with zero attached hydrogens (tertiary/aromatic N) is 1. The average Bonchev–Trinajstić information content (AvgIpc) is 3.11. The molecule has 0 aromatic heterocycles. The van der Waals surface area contributed by atoms with Crippen molar-refractivity contribution in [1.82, 2.24) is 4.90 Å². The molecule has 126 valence electrons. The minimum absolute atomic E-state index is 0.287. The molecule has 3 rings (SSSR count). The molecule has 0 bridgehead atoms. The SMILES string of the molecule is NC1CCC2CN(C(=O)CCCCOc3ccc(Br)cc3)CC12. The zero-order valence-corrected chi connectivity index (χ0v) is 15.0. The second-order valence-electron chi connectivity index (χ2n) is 6.72. The third-order valence-electron chi connectivity index (χ3n) is 5.13. The number of nitrogens with two attached hydrogens (primary N) is 1. The van der Waals surface area contributed by atoms with Crippen LogP contribution >= 0.6 is 15.9 Å². The molecule has 1 amide bonds. The number of likely N-dealkylation sites (tertiary alicyclic amines) is 1. The van der Waals surface area contributed by atoms with Gasteiger partial charge >= 0.3 is 0 Å². The Bertz CT molecular complexity index is 534. The molecule has 1 aromatic rings. The summed E-state index contributed by atoms with van der Waals surface area (Å²) in [5.41, 5.74) is 6.13. The Hall–Kier alpha value is -1.07. The van der Waals surface area contributed by atoms with Gasteiger partial charge in [0, 0.05) is 30.0 Å². The fraction of sp³-hybridized carbons (Fsp3) is 0.611. The van der Waals surface area contributed by atoms with Crippen LogP contribution in [-0.4, -0.2) is 36.5 Å². The maximum Gasteiger partial charge on any atom is 0.222 e. The molecule has 1 saturated heterocycles. The summed E-state index contributed by atoms with van der Waals surface area (Å²) in [4.78, 5) is 14.3. The first-order valence-electron chi connectivity index (χ1n) is 8.55. The maximum atomic E-state index is 12.3. The fourth-order valence-electron chi connectivity index (χ4n) is 3.77. The molecule has 1 aliphatic carbocycles. The molecule has 1 aliphatic heterocycles. The molecule has 2 fully saturated rings. The predicted molar refractivity (Wildman–Crippen MR) is 94.3 cm³/mol. The molecule has 1 heterocycles. The zero-order valence-electron chi connectivity index (χ0n) is 13.4. The van der Waals surface area contributed by atoms with E-state index in [-0.39, 0.29) is 5.91 Å². The largest absolute Gasteiger partial charge is 0.494 e. The van der Waals surface area contributed by atoms with Crippen LogP contribution in [0.1, 0.15) is 32.1 Å². The van der Waals surface area contributed by atoms with Gasteiger partial charge in [0.05, 0.1) is 6.61 Å². The minimum atomic E-state index is 0.287. The van der Waals surface area contributed by atoms with Crippen molar-refractivity contribution in [1.29, 1.82) is 0 Å². The van der Waals surface area contributed by atoms with Crippen molar-refractivity contribution in [3.63, 3.8) is 0 Å². The van der Waals surface area contributed by atoms with Gasteiger partial charge in [0.2, 0.25) is 5.91 Å². The van der Waals surface area contributed by atoms with E-state index in [0.717, 1.165) is 42.6 Å². The number of ether oxygens (including phenoxy) is 1.